The number of benzene rings is 1. The highest BCUT2D eigenvalue weighted by Gasteiger charge is 2.16. The molecule has 2 aromatic rings. The molecule has 0 fully saturated rings. The number of amides is 1. The standard InChI is InChI=1S/C21H27N3O4/c1-3-7-14(2)22-19(25)13-28-21(27)15-9-10-16-17(12-15)23-18-8-5-4-6-11-24(18)20(16)26/h9-10,12,14H,3-8,11,13H2,1-2H3,(H,22,25). The van der Waals surface area contributed by atoms with Gasteiger partial charge in [0.15, 0.2) is 6.61 Å². The SMILES string of the molecule is CCCC(C)NC(=O)COC(=O)c1ccc2c(=O)n3c(nc2c1)CCCCC3. The summed E-state index contributed by atoms with van der Waals surface area (Å²) in [7, 11) is 0. The fourth-order valence-corrected chi connectivity index (χ4v) is 3.58. The molecule has 1 aromatic heterocycles. The molecular formula is C21H27N3O4. The van der Waals surface area contributed by atoms with Crippen LogP contribution in [0, 0.1) is 0 Å². The van der Waals surface area contributed by atoms with Gasteiger partial charge < -0.3 is 10.1 Å². The minimum Gasteiger partial charge on any atom is -0.452 e. The number of aromatic nitrogens is 2. The Labute approximate surface area is 164 Å². The Morgan fingerprint density at radius 2 is 2.11 bits per heavy atom. The van der Waals surface area contributed by atoms with Crippen LogP contribution in [0.15, 0.2) is 23.0 Å². The van der Waals surface area contributed by atoms with Crippen molar-refractivity contribution in [2.45, 2.75) is 65.0 Å². The predicted molar refractivity (Wildman–Crippen MR) is 106 cm³/mol. The van der Waals surface area contributed by atoms with Gasteiger partial charge in [-0.1, -0.05) is 19.8 Å². The molecule has 1 aliphatic heterocycles. The molecule has 0 saturated heterocycles. The second-order valence-corrected chi connectivity index (χ2v) is 7.36. The lowest BCUT2D eigenvalue weighted by Crippen LogP contribution is -2.35. The average Bonchev–Trinajstić information content (AvgIpc) is 2.91. The monoisotopic (exact) mass is 385 g/mol. The summed E-state index contributed by atoms with van der Waals surface area (Å²) in [6, 6.07) is 4.78. The van der Waals surface area contributed by atoms with Crippen LogP contribution in [0.4, 0.5) is 0 Å². The van der Waals surface area contributed by atoms with Crippen LogP contribution in [0.25, 0.3) is 10.9 Å². The number of fused-ring (bicyclic) bond motifs is 2. The van der Waals surface area contributed by atoms with Gasteiger partial charge >= 0.3 is 5.97 Å². The first-order valence-electron chi connectivity index (χ1n) is 9.99. The summed E-state index contributed by atoms with van der Waals surface area (Å²) in [6.07, 6.45) is 5.66. The number of esters is 1. The van der Waals surface area contributed by atoms with Gasteiger partial charge in [-0.15, -0.1) is 0 Å². The predicted octanol–water partition coefficient (Wildman–Crippen LogP) is 2.58. The lowest BCUT2D eigenvalue weighted by Gasteiger charge is -2.13. The third-order valence-corrected chi connectivity index (χ3v) is 5.02. The number of nitrogens with one attached hydrogen (secondary N) is 1. The van der Waals surface area contributed by atoms with Crippen LogP contribution in [0.5, 0.6) is 0 Å². The van der Waals surface area contributed by atoms with Crippen LogP contribution in [0.3, 0.4) is 0 Å². The van der Waals surface area contributed by atoms with E-state index in [1.54, 1.807) is 22.8 Å². The molecule has 0 saturated carbocycles. The van der Waals surface area contributed by atoms with Gasteiger partial charge in [0.25, 0.3) is 11.5 Å². The first-order valence-corrected chi connectivity index (χ1v) is 9.99. The largest absolute Gasteiger partial charge is 0.452 e. The maximum Gasteiger partial charge on any atom is 0.338 e. The molecule has 0 aliphatic carbocycles. The average molecular weight is 385 g/mol. The van der Waals surface area contributed by atoms with Gasteiger partial charge in [0.1, 0.15) is 5.82 Å². The van der Waals surface area contributed by atoms with Gasteiger partial charge in [0, 0.05) is 19.0 Å². The lowest BCUT2D eigenvalue weighted by atomic mass is 10.1. The summed E-state index contributed by atoms with van der Waals surface area (Å²) in [5, 5.41) is 3.29. The Hall–Kier alpha value is -2.70. The van der Waals surface area contributed by atoms with Crippen LogP contribution < -0.4 is 10.9 Å². The van der Waals surface area contributed by atoms with Crippen LogP contribution in [0.2, 0.25) is 0 Å². The van der Waals surface area contributed by atoms with E-state index in [9.17, 15) is 14.4 Å². The molecule has 1 N–H and O–H groups in total. The smallest absolute Gasteiger partial charge is 0.338 e. The molecule has 1 amide bonds. The summed E-state index contributed by atoms with van der Waals surface area (Å²) >= 11 is 0. The molecule has 0 radical (unpaired) electrons. The van der Waals surface area contributed by atoms with Crippen molar-refractivity contribution in [2.24, 2.45) is 0 Å². The summed E-state index contributed by atoms with van der Waals surface area (Å²) < 4.78 is 6.86. The van der Waals surface area contributed by atoms with E-state index in [0.29, 0.717) is 17.4 Å². The molecule has 150 valence electrons. The van der Waals surface area contributed by atoms with Crippen molar-refractivity contribution in [2.75, 3.05) is 6.61 Å². The minimum atomic E-state index is -0.600. The second-order valence-electron chi connectivity index (χ2n) is 7.36. The Balaban J connectivity index is 1.74. The van der Waals surface area contributed by atoms with Crippen LogP contribution in [0.1, 0.15) is 62.1 Å². The Morgan fingerprint density at radius 3 is 2.89 bits per heavy atom. The summed E-state index contributed by atoms with van der Waals surface area (Å²) in [4.78, 5) is 41.5. The van der Waals surface area contributed by atoms with Gasteiger partial charge in [-0.25, -0.2) is 9.78 Å². The fraction of sp³-hybridized carbons (Fsp3) is 0.524. The number of carbonyl (C=O) groups is 2. The van der Waals surface area contributed by atoms with Crippen molar-refractivity contribution < 1.29 is 14.3 Å². The molecule has 28 heavy (non-hydrogen) atoms. The van der Waals surface area contributed by atoms with Crippen LogP contribution >= 0.6 is 0 Å². The van der Waals surface area contributed by atoms with Crippen molar-refractivity contribution in [1.82, 2.24) is 14.9 Å². The number of ether oxygens (including phenoxy) is 1. The molecule has 7 nitrogen and oxygen atoms in total. The molecule has 1 unspecified atom stereocenters. The Bertz CT molecular complexity index is 935. The molecule has 1 aromatic carbocycles. The highest BCUT2D eigenvalue weighted by atomic mass is 16.5. The maximum atomic E-state index is 12.7. The van der Waals surface area contributed by atoms with Crippen molar-refractivity contribution in [3.63, 3.8) is 0 Å². The molecule has 0 spiro atoms. The summed E-state index contributed by atoms with van der Waals surface area (Å²) in [6.45, 7) is 4.32. The number of rotatable bonds is 6. The first-order chi connectivity index (χ1) is 13.5. The number of hydrogen-bond donors (Lipinski definition) is 1. The molecule has 0 bridgehead atoms. The number of hydrogen-bond acceptors (Lipinski definition) is 5. The topological polar surface area (TPSA) is 90.3 Å². The van der Waals surface area contributed by atoms with E-state index in [2.05, 4.69) is 10.3 Å². The van der Waals surface area contributed by atoms with Crippen molar-refractivity contribution in [3.05, 3.63) is 39.9 Å². The number of carbonyl (C=O) groups excluding carboxylic acids is 2. The molecule has 2 heterocycles. The van der Waals surface area contributed by atoms with Crippen molar-refractivity contribution >= 4 is 22.8 Å². The summed E-state index contributed by atoms with van der Waals surface area (Å²) in [5.74, 6) is -0.154. The zero-order valence-corrected chi connectivity index (χ0v) is 16.5. The fourth-order valence-electron chi connectivity index (χ4n) is 3.58. The van der Waals surface area contributed by atoms with Crippen molar-refractivity contribution in [1.29, 1.82) is 0 Å². The van der Waals surface area contributed by atoms with Gasteiger partial charge in [0.2, 0.25) is 0 Å². The van der Waals surface area contributed by atoms with Crippen LogP contribution in [-0.2, 0) is 22.5 Å². The highest BCUT2D eigenvalue weighted by Crippen LogP contribution is 2.16. The molecule has 1 aliphatic rings. The van der Waals surface area contributed by atoms with Crippen molar-refractivity contribution in [3.8, 4) is 0 Å². The van der Waals surface area contributed by atoms with E-state index in [1.807, 2.05) is 13.8 Å². The van der Waals surface area contributed by atoms with E-state index in [1.165, 1.54) is 0 Å². The van der Waals surface area contributed by atoms with E-state index in [4.69, 9.17) is 4.74 Å². The number of aryl methyl sites for hydroxylation is 1. The third-order valence-electron chi connectivity index (χ3n) is 5.02. The maximum absolute atomic E-state index is 12.7. The minimum absolute atomic E-state index is 0.0457. The number of nitrogens with zero attached hydrogens (tertiary/aromatic N) is 2. The third kappa shape index (κ3) is 4.58. The zero-order valence-electron chi connectivity index (χ0n) is 16.5. The van der Waals surface area contributed by atoms with Gasteiger partial charge in [-0.2, -0.15) is 0 Å². The summed E-state index contributed by atoms with van der Waals surface area (Å²) in [5.41, 5.74) is 0.715. The second kappa shape index (κ2) is 8.99. The Morgan fingerprint density at radius 1 is 1.29 bits per heavy atom. The molecule has 1 atom stereocenters. The Kier molecular flexibility index (Phi) is 6.44. The van der Waals surface area contributed by atoms with E-state index >= 15 is 0 Å². The lowest BCUT2D eigenvalue weighted by molar-refractivity contribution is -0.124. The molecule has 3 rings (SSSR count). The first kappa shape index (κ1) is 20.0. The normalized spacial score (nSPS) is 14.8. The highest BCUT2D eigenvalue weighted by molar-refractivity contribution is 5.95. The van der Waals surface area contributed by atoms with Gasteiger partial charge in [-0.05, 0) is 44.4 Å². The molecule has 7 heteroatoms. The van der Waals surface area contributed by atoms with Gasteiger partial charge in [-0.3, -0.25) is 14.2 Å². The van der Waals surface area contributed by atoms with E-state index < -0.39 is 5.97 Å². The molecular weight excluding hydrogens is 358 g/mol. The zero-order chi connectivity index (χ0) is 20.1. The van der Waals surface area contributed by atoms with Gasteiger partial charge in [0.05, 0.1) is 16.5 Å². The van der Waals surface area contributed by atoms with E-state index in [0.717, 1.165) is 44.3 Å². The quantitative estimate of drug-likeness (QED) is 0.772. The van der Waals surface area contributed by atoms with Crippen LogP contribution in [-0.4, -0.2) is 34.1 Å². The van der Waals surface area contributed by atoms with E-state index in [-0.39, 0.29) is 29.7 Å².